The Morgan fingerprint density at radius 2 is 1.76 bits per heavy atom. The van der Waals surface area contributed by atoms with E-state index in [1.54, 1.807) is 7.11 Å². The second kappa shape index (κ2) is 7.28. The summed E-state index contributed by atoms with van der Waals surface area (Å²) in [6, 6.07) is 4.64. The Labute approximate surface area is 130 Å². The van der Waals surface area contributed by atoms with Gasteiger partial charge < -0.3 is 15.0 Å². The lowest BCUT2D eigenvalue weighted by atomic mass is 9.78. The van der Waals surface area contributed by atoms with Gasteiger partial charge in [-0.25, -0.2) is 0 Å². The first-order valence-corrected chi connectivity index (χ1v) is 7.88. The topological polar surface area (TPSA) is 24.5 Å². The Balaban J connectivity index is 3.49. The second-order valence-electron chi connectivity index (χ2n) is 6.06. The molecule has 1 unspecified atom stereocenters. The summed E-state index contributed by atoms with van der Waals surface area (Å²) < 4.78 is 5.75. The van der Waals surface area contributed by atoms with Gasteiger partial charge in [0.1, 0.15) is 5.75 Å². The lowest BCUT2D eigenvalue weighted by Gasteiger charge is -2.45. The summed E-state index contributed by atoms with van der Waals surface area (Å²) in [6.45, 7) is 8.80. The van der Waals surface area contributed by atoms with Crippen LogP contribution in [0, 0.1) is 13.8 Å². The summed E-state index contributed by atoms with van der Waals surface area (Å²) in [7, 11) is 8.16. The van der Waals surface area contributed by atoms with E-state index in [-0.39, 0.29) is 11.6 Å². The van der Waals surface area contributed by atoms with Gasteiger partial charge >= 0.3 is 0 Å². The first kappa shape index (κ1) is 18.0. The molecule has 0 saturated carbocycles. The highest BCUT2D eigenvalue weighted by Crippen LogP contribution is 2.41. The predicted octanol–water partition coefficient (Wildman–Crippen LogP) is 3.69. The standard InChI is InChI=1S/C18H32N2O/c1-9-18(10-2,20(6)7)17(19-5)15-12-11-13(3)14(4)16(15)21-8/h11-12,17,19H,9-10H2,1-8H3. The number of methoxy groups -OCH3 is 1. The van der Waals surface area contributed by atoms with Gasteiger partial charge in [-0.15, -0.1) is 0 Å². The Hall–Kier alpha value is -1.06. The Kier molecular flexibility index (Phi) is 6.24. The summed E-state index contributed by atoms with van der Waals surface area (Å²) in [5.74, 6) is 1.02. The van der Waals surface area contributed by atoms with Crippen molar-refractivity contribution in [2.45, 2.75) is 52.1 Å². The maximum absolute atomic E-state index is 5.75. The van der Waals surface area contributed by atoms with E-state index in [0.717, 1.165) is 18.6 Å². The second-order valence-corrected chi connectivity index (χ2v) is 6.06. The van der Waals surface area contributed by atoms with Gasteiger partial charge in [0.05, 0.1) is 13.2 Å². The van der Waals surface area contributed by atoms with Crippen molar-refractivity contribution >= 4 is 0 Å². The Bertz CT molecular complexity index is 465. The third kappa shape index (κ3) is 3.09. The van der Waals surface area contributed by atoms with Crippen molar-refractivity contribution in [1.82, 2.24) is 10.2 Å². The SMILES string of the molecule is CCC(CC)(C(NC)c1ccc(C)c(C)c1OC)N(C)C. The highest BCUT2D eigenvalue weighted by molar-refractivity contribution is 5.48. The van der Waals surface area contributed by atoms with Crippen molar-refractivity contribution in [1.29, 1.82) is 0 Å². The zero-order valence-electron chi connectivity index (χ0n) is 15.0. The average Bonchev–Trinajstić information content (AvgIpc) is 2.47. The van der Waals surface area contributed by atoms with Crippen LogP contribution in [0.15, 0.2) is 12.1 Å². The summed E-state index contributed by atoms with van der Waals surface area (Å²) in [4.78, 5) is 2.35. The van der Waals surface area contributed by atoms with E-state index in [1.165, 1.54) is 16.7 Å². The molecule has 0 aliphatic rings. The third-order valence-electron chi connectivity index (χ3n) is 5.16. The highest BCUT2D eigenvalue weighted by atomic mass is 16.5. The molecule has 1 N–H and O–H groups in total. The van der Waals surface area contributed by atoms with Crippen LogP contribution < -0.4 is 10.1 Å². The van der Waals surface area contributed by atoms with E-state index in [9.17, 15) is 0 Å². The minimum Gasteiger partial charge on any atom is -0.496 e. The van der Waals surface area contributed by atoms with Crippen LogP contribution in [0.1, 0.15) is 49.4 Å². The number of rotatable bonds is 7. The van der Waals surface area contributed by atoms with Gasteiger partial charge in [-0.05, 0) is 59.0 Å². The highest BCUT2D eigenvalue weighted by Gasteiger charge is 2.39. The fourth-order valence-electron chi connectivity index (χ4n) is 3.57. The molecule has 0 saturated heterocycles. The fourth-order valence-corrected chi connectivity index (χ4v) is 3.57. The smallest absolute Gasteiger partial charge is 0.126 e. The maximum Gasteiger partial charge on any atom is 0.126 e. The van der Waals surface area contributed by atoms with Crippen molar-refractivity contribution in [3.63, 3.8) is 0 Å². The van der Waals surface area contributed by atoms with Crippen molar-refractivity contribution in [2.75, 3.05) is 28.3 Å². The molecule has 3 heteroatoms. The van der Waals surface area contributed by atoms with Crippen LogP contribution in [0.4, 0.5) is 0 Å². The number of hydrogen-bond donors (Lipinski definition) is 1. The molecular weight excluding hydrogens is 260 g/mol. The summed E-state index contributed by atoms with van der Waals surface area (Å²) >= 11 is 0. The molecule has 120 valence electrons. The third-order valence-corrected chi connectivity index (χ3v) is 5.16. The number of nitrogens with one attached hydrogen (secondary N) is 1. The van der Waals surface area contributed by atoms with Gasteiger partial charge in [0, 0.05) is 11.1 Å². The Morgan fingerprint density at radius 1 is 1.19 bits per heavy atom. The molecule has 3 nitrogen and oxygen atoms in total. The van der Waals surface area contributed by atoms with Crippen LogP contribution in [0.5, 0.6) is 5.75 Å². The lowest BCUT2D eigenvalue weighted by molar-refractivity contribution is 0.0905. The largest absolute Gasteiger partial charge is 0.496 e. The molecule has 0 spiro atoms. The van der Waals surface area contributed by atoms with Crippen molar-refractivity contribution < 1.29 is 4.74 Å². The number of benzene rings is 1. The van der Waals surface area contributed by atoms with Gasteiger partial charge in [-0.2, -0.15) is 0 Å². The summed E-state index contributed by atoms with van der Waals surface area (Å²) in [5, 5.41) is 3.54. The number of hydrogen-bond acceptors (Lipinski definition) is 3. The molecule has 0 bridgehead atoms. The summed E-state index contributed by atoms with van der Waals surface area (Å²) in [5.41, 5.74) is 3.83. The number of likely N-dealkylation sites (N-methyl/N-ethyl adjacent to an activating group) is 2. The van der Waals surface area contributed by atoms with Crippen LogP contribution in [-0.2, 0) is 0 Å². The average molecular weight is 292 g/mol. The zero-order valence-corrected chi connectivity index (χ0v) is 15.0. The number of aryl methyl sites for hydroxylation is 1. The lowest BCUT2D eigenvalue weighted by Crippen LogP contribution is -2.52. The first-order valence-electron chi connectivity index (χ1n) is 7.88. The molecular formula is C18H32N2O. The van der Waals surface area contributed by atoms with Crippen LogP contribution in [0.25, 0.3) is 0 Å². The first-order chi connectivity index (χ1) is 9.89. The minimum atomic E-state index is 0.0731. The van der Waals surface area contributed by atoms with E-state index in [2.05, 4.69) is 64.1 Å². The van der Waals surface area contributed by atoms with Crippen LogP contribution >= 0.6 is 0 Å². The predicted molar refractivity (Wildman–Crippen MR) is 91.3 cm³/mol. The summed E-state index contributed by atoms with van der Waals surface area (Å²) in [6.07, 6.45) is 2.16. The van der Waals surface area contributed by atoms with Crippen LogP contribution in [0.2, 0.25) is 0 Å². The van der Waals surface area contributed by atoms with Crippen molar-refractivity contribution in [2.24, 2.45) is 0 Å². The Morgan fingerprint density at radius 3 is 2.14 bits per heavy atom. The molecule has 0 aromatic heterocycles. The quantitative estimate of drug-likeness (QED) is 0.829. The van der Waals surface area contributed by atoms with Gasteiger partial charge in [-0.1, -0.05) is 26.0 Å². The molecule has 0 fully saturated rings. The van der Waals surface area contributed by atoms with Crippen LogP contribution in [-0.4, -0.2) is 38.7 Å². The number of nitrogens with zero attached hydrogens (tertiary/aromatic N) is 1. The van der Waals surface area contributed by atoms with Crippen molar-refractivity contribution in [3.8, 4) is 5.75 Å². The molecule has 0 radical (unpaired) electrons. The van der Waals surface area contributed by atoms with Crippen molar-refractivity contribution in [3.05, 3.63) is 28.8 Å². The number of ether oxygens (including phenoxy) is 1. The van der Waals surface area contributed by atoms with E-state index in [0.29, 0.717) is 0 Å². The molecule has 1 atom stereocenters. The fraction of sp³-hybridized carbons (Fsp3) is 0.667. The van der Waals surface area contributed by atoms with Crippen LogP contribution in [0.3, 0.4) is 0 Å². The molecule has 0 amide bonds. The molecule has 21 heavy (non-hydrogen) atoms. The molecule has 0 aliphatic carbocycles. The molecule has 1 aromatic carbocycles. The van der Waals surface area contributed by atoms with E-state index >= 15 is 0 Å². The van der Waals surface area contributed by atoms with Gasteiger partial charge in [0.25, 0.3) is 0 Å². The van der Waals surface area contributed by atoms with E-state index in [4.69, 9.17) is 4.74 Å². The zero-order chi connectivity index (χ0) is 16.2. The monoisotopic (exact) mass is 292 g/mol. The molecule has 0 aliphatic heterocycles. The molecule has 0 heterocycles. The molecule has 1 aromatic rings. The van der Waals surface area contributed by atoms with E-state index < -0.39 is 0 Å². The van der Waals surface area contributed by atoms with Gasteiger partial charge in [0.2, 0.25) is 0 Å². The van der Waals surface area contributed by atoms with E-state index in [1.807, 2.05) is 7.05 Å². The molecule has 1 rings (SSSR count). The minimum absolute atomic E-state index is 0.0731. The normalized spacial score (nSPS) is 13.6. The van der Waals surface area contributed by atoms with Gasteiger partial charge in [0.15, 0.2) is 0 Å². The van der Waals surface area contributed by atoms with Gasteiger partial charge in [-0.3, -0.25) is 0 Å². The maximum atomic E-state index is 5.75.